The summed E-state index contributed by atoms with van der Waals surface area (Å²) >= 11 is 0. The van der Waals surface area contributed by atoms with Crippen molar-refractivity contribution in [3.05, 3.63) is 41.7 Å². The molecule has 5 nitrogen and oxygen atoms in total. The Bertz CT molecular complexity index is 632. The number of nitrogens with two attached hydrogens (primary N) is 1. The second-order valence-electron chi connectivity index (χ2n) is 4.81. The van der Waals surface area contributed by atoms with Gasteiger partial charge in [-0.15, -0.1) is 0 Å². The Morgan fingerprint density at radius 1 is 1.42 bits per heavy atom. The Balaban J connectivity index is 2.00. The van der Waals surface area contributed by atoms with Gasteiger partial charge in [0.2, 0.25) is 0 Å². The van der Waals surface area contributed by atoms with Crippen LogP contribution in [0.5, 0.6) is 0 Å². The minimum absolute atomic E-state index is 0.0142. The summed E-state index contributed by atoms with van der Waals surface area (Å²) in [5, 5.41) is 4.05. The van der Waals surface area contributed by atoms with Crippen LogP contribution in [-0.4, -0.2) is 22.2 Å². The molecule has 2 aromatic rings. The van der Waals surface area contributed by atoms with E-state index in [1.54, 1.807) is 29.0 Å². The van der Waals surface area contributed by atoms with Gasteiger partial charge in [-0.1, -0.05) is 6.07 Å². The van der Waals surface area contributed by atoms with Gasteiger partial charge in [-0.05, 0) is 30.5 Å². The van der Waals surface area contributed by atoms with E-state index < -0.39 is 0 Å². The largest absolute Gasteiger partial charge is 0.398 e. The maximum Gasteiger partial charge on any atom is 0.261 e. The number of aromatic nitrogens is 2. The maximum absolute atomic E-state index is 12.5. The van der Waals surface area contributed by atoms with E-state index in [0.29, 0.717) is 5.56 Å². The lowest BCUT2D eigenvalue weighted by Crippen LogP contribution is -2.35. The van der Waals surface area contributed by atoms with Crippen LogP contribution in [0.15, 0.2) is 30.6 Å². The van der Waals surface area contributed by atoms with Gasteiger partial charge in [0.05, 0.1) is 11.8 Å². The van der Waals surface area contributed by atoms with Crippen LogP contribution in [0, 0.1) is 0 Å². The molecule has 0 saturated carbocycles. The van der Waals surface area contributed by atoms with Crippen LogP contribution < -0.4 is 10.6 Å². The predicted octanol–water partition coefficient (Wildman–Crippen LogP) is 1.60. The third kappa shape index (κ3) is 1.97. The highest BCUT2D eigenvalue weighted by Crippen LogP contribution is 2.32. The number of anilines is 2. The molecule has 1 aromatic carbocycles. The number of rotatable bonds is 1. The predicted molar refractivity (Wildman–Crippen MR) is 74.1 cm³/mol. The van der Waals surface area contributed by atoms with Crippen LogP contribution in [0.3, 0.4) is 0 Å². The van der Waals surface area contributed by atoms with Crippen molar-refractivity contribution in [3.8, 4) is 0 Å². The highest BCUT2D eigenvalue weighted by atomic mass is 16.2. The van der Waals surface area contributed by atoms with E-state index in [1.165, 1.54) is 0 Å². The Hall–Kier alpha value is -2.30. The van der Waals surface area contributed by atoms with E-state index in [-0.39, 0.29) is 5.91 Å². The molecule has 0 spiro atoms. The Morgan fingerprint density at radius 3 is 3.00 bits per heavy atom. The van der Waals surface area contributed by atoms with Crippen LogP contribution >= 0.6 is 0 Å². The second-order valence-corrected chi connectivity index (χ2v) is 4.81. The molecule has 0 bridgehead atoms. The molecule has 1 amide bonds. The minimum atomic E-state index is -0.0142. The van der Waals surface area contributed by atoms with Crippen molar-refractivity contribution in [3.63, 3.8) is 0 Å². The van der Waals surface area contributed by atoms with Crippen molar-refractivity contribution in [2.24, 2.45) is 7.05 Å². The first-order valence-electron chi connectivity index (χ1n) is 6.34. The molecule has 19 heavy (non-hydrogen) atoms. The zero-order chi connectivity index (χ0) is 13.4. The quantitative estimate of drug-likeness (QED) is 0.788. The fourth-order valence-electron chi connectivity index (χ4n) is 2.55. The highest BCUT2D eigenvalue weighted by Gasteiger charge is 2.25. The van der Waals surface area contributed by atoms with Crippen LogP contribution in [0.1, 0.15) is 22.3 Å². The van der Waals surface area contributed by atoms with Gasteiger partial charge in [0.25, 0.3) is 5.91 Å². The fourth-order valence-corrected chi connectivity index (χ4v) is 2.55. The first kappa shape index (κ1) is 11.8. The number of fused-ring (bicyclic) bond motifs is 1. The van der Waals surface area contributed by atoms with Gasteiger partial charge in [-0.2, -0.15) is 5.10 Å². The monoisotopic (exact) mass is 256 g/mol. The Kier molecular flexibility index (Phi) is 2.74. The SMILES string of the molecule is Cn1cc(C(=O)N2CCCc3c(N)cccc32)cn1. The minimum Gasteiger partial charge on any atom is -0.398 e. The second kappa shape index (κ2) is 4.42. The maximum atomic E-state index is 12.5. The third-order valence-corrected chi connectivity index (χ3v) is 3.48. The number of nitrogens with zero attached hydrogens (tertiary/aromatic N) is 3. The van der Waals surface area contributed by atoms with Crippen molar-refractivity contribution >= 4 is 17.3 Å². The van der Waals surface area contributed by atoms with Gasteiger partial charge in [0.15, 0.2) is 0 Å². The number of benzene rings is 1. The number of nitrogen functional groups attached to an aromatic ring is 1. The summed E-state index contributed by atoms with van der Waals surface area (Å²) < 4.78 is 1.64. The summed E-state index contributed by atoms with van der Waals surface area (Å²) in [7, 11) is 1.80. The van der Waals surface area contributed by atoms with Gasteiger partial charge in [-0.25, -0.2) is 0 Å². The van der Waals surface area contributed by atoms with Crippen LogP contribution in [0.4, 0.5) is 11.4 Å². The molecule has 1 aliphatic rings. The number of amides is 1. The van der Waals surface area contributed by atoms with E-state index >= 15 is 0 Å². The summed E-state index contributed by atoms with van der Waals surface area (Å²) in [6.07, 6.45) is 5.21. The molecule has 5 heteroatoms. The van der Waals surface area contributed by atoms with Gasteiger partial charge in [0.1, 0.15) is 0 Å². The zero-order valence-corrected chi connectivity index (χ0v) is 10.8. The van der Waals surface area contributed by atoms with Crippen molar-refractivity contribution in [1.29, 1.82) is 0 Å². The van der Waals surface area contributed by atoms with E-state index in [9.17, 15) is 4.79 Å². The number of aryl methyl sites for hydroxylation is 1. The lowest BCUT2D eigenvalue weighted by Gasteiger charge is -2.30. The zero-order valence-electron chi connectivity index (χ0n) is 10.8. The Morgan fingerprint density at radius 2 is 2.26 bits per heavy atom. The topological polar surface area (TPSA) is 64.2 Å². The van der Waals surface area contributed by atoms with Gasteiger partial charge in [0, 0.05) is 31.2 Å². The summed E-state index contributed by atoms with van der Waals surface area (Å²) in [6, 6.07) is 5.74. The first-order chi connectivity index (χ1) is 9.16. The lowest BCUT2D eigenvalue weighted by atomic mass is 9.99. The molecule has 0 atom stereocenters. The number of carbonyl (C=O) groups is 1. The molecule has 2 N–H and O–H groups in total. The van der Waals surface area contributed by atoms with Crippen LogP contribution in [0.25, 0.3) is 0 Å². The smallest absolute Gasteiger partial charge is 0.261 e. The molecule has 0 fully saturated rings. The van der Waals surface area contributed by atoms with Gasteiger partial charge in [-0.3, -0.25) is 9.48 Å². The first-order valence-corrected chi connectivity index (χ1v) is 6.34. The van der Waals surface area contributed by atoms with Crippen molar-refractivity contribution in [2.45, 2.75) is 12.8 Å². The summed E-state index contributed by atoms with van der Waals surface area (Å²) in [5.41, 5.74) is 9.37. The molecular formula is C14H16N4O. The number of hydrogen-bond acceptors (Lipinski definition) is 3. The van der Waals surface area contributed by atoms with Gasteiger partial charge >= 0.3 is 0 Å². The average molecular weight is 256 g/mol. The number of carbonyl (C=O) groups excluding carboxylic acids is 1. The van der Waals surface area contributed by atoms with Crippen molar-refractivity contribution in [2.75, 3.05) is 17.2 Å². The fraction of sp³-hybridized carbons (Fsp3) is 0.286. The normalized spacial score (nSPS) is 14.3. The van der Waals surface area contributed by atoms with E-state index in [1.807, 2.05) is 18.2 Å². The Labute approximate surface area is 111 Å². The molecule has 3 rings (SSSR count). The third-order valence-electron chi connectivity index (χ3n) is 3.48. The van der Waals surface area contributed by atoms with Crippen molar-refractivity contribution in [1.82, 2.24) is 9.78 Å². The average Bonchev–Trinajstić information content (AvgIpc) is 2.85. The molecule has 0 unspecified atom stereocenters. The van der Waals surface area contributed by atoms with E-state index in [2.05, 4.69) is 5.10 Å². The van der Waals surface area contributed by atoms with E-state index in [4.69, 9.17) is 5.73 Å². The van der Waals surface area contributed by atoms with Crippen molar-refractivity contribution < 1.29 is 4.79 Å². The molecule has 1 aliphatic heterocycles. The molecule has 2 heterocycles. The molecule has 1 aromatic heterocycles. The van der Waals surface area contributed by atoms with Gasteiger partial charge < -0.3 is 10.6 Å². The lowest BCUT2D eigenvalue weighted by molar-refractivity contribution is 0.0985. The summed E-state index contributed by atoms with van der Waals surface area (Å²) in [5.74, 6) is -0.0142. The van der Waals surface area contributed by atoms with Crippen LogP contribution in [0.2, 0.25) is 0 Å². The highest BCUT2D eigenvalue weighted by molar-refractivity contribution is 6.06. The summed E-state index contributed by atoms with van der Waals surface area (Å²) in [4.78, 5) is 14.3. The standard InChI is InChI=1S/C14H16N4O/c1-17-9-10(8-16-17)14(19)18-7-3-4-11-12(15)5-2-6-13(11)18/h2,5-6,8-9H,3-4,7,15H2,1H3. The molecular weight excluding hydrogens is 240 g/mol. The molecule has 0 radical (unpaired) electrons. The molecule has 98 valence electrons. The molecule has 0 aliphatic carbocycles. The number of hydrogen-bond donors (Lipinski definition) is 1. The van der Waals surface area contributed by atoms with Crippen LogP contribution in [-0.2, 0) is 13.5 Å². The summed E-state index contributed by atoms with van der Waals surface area (Å²) in [6.45, 7) is 0.726. The molecule has 0 saturated heterocycles. The van der Waals surface area contributed by atoms with E-state index in [0.717, 1.165) is 36.3 Å².